The second-order valence-electron chi connectivity index (χ2n) is 13.8. The van der Waals surface area contributed by atoms with Gasteiger partial charge in [-0.2, -0.15) is 0 Å². The molecule has 16 nitrogen and oxygen atoms in total. The van der Waals surface area contributed by atoms with E-state index in [2.05, 4.69) is 0 Å². The Morgan fingerprint density at radius 2 is 0.745 bits per heavy atom. The van der Waals surface area contributed by atoms with Crippen LogP contribution in [0.1, 0.15) is 16.7 Å². The molecule has 55 heavy (non-hydrogen) atoms. The smallest absolute Gasteiger partial charge is 0.187 e. The Morgan fingerprint density at radius 1 is 0.382 bits per heavy atom. The standard InChI is InChI=1S/C39H50O16/c40-28-25(19-48-16-22-10-4-1-5-11-22)52-38(33(45)29(28)41)55-36-27(21-50-18-24-14-8-3-9-15-24)53-39(34(46)31(36)43)54-35-26(51-37(47)32(44)30(35)42)20-49-17-23-12-6-2-7-13-23/h1-15,25-47H,16-21H2/t25-,26-,27-,28-,29+,30-,31-,32+,33+,34+,35-,36-,37+,38-,39-/m1/s1. The van der Waals surface area contributed by atoms with E-state index in [9.17, 15) is 40.9 Å². The van der Waals surface area contributed by atoms with Crippen molar-refractivity contribution in [3.63, 3.8) is 0 Å². The van der Waals surface area contributed by atoms with Crippen molar-refractivity contribution < 1.29 is 78.7 Å². The van der Waals surface area contributed by atoms with Gasteiger partial charge in [0.15, 0.2) is 18.9 Å². The molecule has 6 rings (SSSR count). The lowest BCUT2D eigenvalue weighted by molar-refractivity contribution is -0.379. The Labute approximate surface area is 317 Å². The summed E-state index contributed by atoms with van der Waals surface area (Å²) < 4.78 is 46.9. The number of aliphatic hydroxyl groups is 8. The number of hydrogen-bond acceptors (Lipinski definition) is 16. The van der Waals surface area contributed by atoms with E-state index in [1.54, 1.807) is 0 Å². The number of benzene rings is 3. The van der Waals surface area contributed by atoms with Crippen molar-refractivity contribution >= 4 is 0 Å². The molecule has 3 fully saturated rings. The summed E-state index contributed by atoms with van der Waals surface area (Å²) in [6.45, 7) is -0.194. The van der Waals surface area contributed by atoms with Gasteiger partial charge in [0.25, 0.3) is 0 Å². The maximum Gasteiger partial charge on any atom is 0.187 e. The SMILES string of the molecule is O[C@@H]1[C@H](O)[C@@H](O[C@H]2[C@H](O)[C@H](O)[C@@H](O[C@H]3[C@H](O)[C@H](O)[C@@H](O)O[C@@H]3COCc3ccccc3)O[C@@H]2COCc2ccccc2)O[C@H](COCc2ccccc2)[C@H]1O. The van der Waals surface area contributed by atoms with Gasteiger partial charge in [0.05, 0.1) is 39.6 Å². The second kappa shape index (κ2) is 19.9. The molecular formula is C39H50O16. The molecule has 0 bridgehead atoms. The van der Waals surface area contributed by atoms with Gasteiger partial charge in [-0.15, -0.1) is 0 Å². The number of aliphatic hydroxyl groups excluding tert-OH is 8. The van der Waals surface area contributed by atoms with E-state index >= 15 is 0 Å². The lowest BCUT2D eigenvalue weighted by Crippen LogP contribution is -2.66. The van der Waals surface area contributed by atoms with E-state index in [0.29, 0.717) is 0 Å². The van der Waals surface area contributed by atoms with Crippen LogP contribution in [0, 0.1) is 0 Å². The zero-order valence-corrected chi connectivity index (χ0v) is 29.9. The highest BCUT2D eigenvalue weighted by Crippen LogP contribution is 2.33. The summed E-state index contributed by atoms with van der Waals surface area (Å²) in [6.07, 6.45) is -23.8. The highest BCUT2D eigenvalue weighted by atomic mass is 16.8. The molecule has 0 aliphatic carbocycles. The molecule has 0 spiro atoms. The van der Waals surface area contributed by atoms with Crippen LogP contribution in [0.2, 0.25) is 0 Å². The van der Waals surface area contributed by atoms with Gasteiger partial charge in [-0.05, 0) is 16.7 Å². The summed E-state index contributed by atoms with van der Waals surface area (Å²) in [7, 11) is 0. The van der Waals surface area contributed by atoms with Gasteiger partial charge in [0.2, 0.25) is 0 Å². The van der Waals surface area contributed by atoms with Crippen molar-refractivity contribution in [2.75, 3.05) is 19.8 Å². The Balaban J connectivity index is 1.16. The molecule has 0 amide bonds. The Hall–Kier alpha value is -2.98. The van der Waals surface area contributed by atoms with Crippen LogP contribution in [0.3, 0.4) is 0 Å². The Morgan fingerprint density at radius 3 is 1.20 bits per heavy atom. The second-order valence-corrected chi connectivity index (χ2v) is 13.8. The zero-order valence-electron chi connectivity index (χ0n) is 29.9. The third kappa shape index (κ3) is 10.7. The minimum atomic E-state index is -1.86. The number of rotatable bonds is 16. The van der Waals surface area contributed by atoms with E-state index in [4.69, 9.17) is 37.9 Å². The lowest BCUT2D eigenvalue weighted by Gasteiger charge is -2.48. The maximum atomic E-state index is 11.5. The minimum absolute atomic E-state index is 0.117. The predicted molar refractivity (Wildman–Crippen MR) is 188 cm³/mol. The van der Waals surface area contributed by atoms with Crippen molar-refractivity contribution in [2.45, 2.75) is 112 Å². The molecular weight excluding hydrogens is 724 g/mol. The minimum Gasteiger partial charge on any atom is -0.387 e. The van der Waals surface area contributed by atoms with Crippen LogP contribution in [0.15, 0.2) is 91.0 Å². The van der Waals surface area contributed by atoms with Crippen LogP contribution in [-0.2, 0) is 57.7 Å². The van der Waals surface area contributed by atoms with E-state index in [1.165, 1.54) is 0 Å². The summed E-state index contributed by atoms with van der Waals surface area (Å²) in [5, 5.41) is 86.9. The summed E-state index contributed by atoms with van der Waals surface area (Å²) in [5.41, 5.74) is 2.52. The molecule has 3 aromatic rings. The first-order valence-electron chi connectivity index (χ1n) is 18.2. The van der Waals surface area contributed by atoms with Crippen LogP contribution < -0.4 is 0 Å². The van der Waals surface area contributed by atoms with Gasteiger partial charge in [0, 0.05) is 0 Å². The monoisotopic (exact) mass is 774 g/mol. The van der Waals surface area contributed by atoms with Crippen LogP contribution in [0.25, 0.3) is 0 Å². The van der Waals surface area contributed by atoms with Gasteiger partial charge in [-0.3, -0.25) is 0 Å². The molecule has 3 aliphatic heterocycles. The summed E-state index contributed by atoms with van der Waals surface area (Å²) in [4.78, 5) is 0. The van der Waals surface area contributed by atoms with Crippen molar-refractivity contribution in [1.29, 1.82) is 0 Å². The highest BCUT2D eigenvalue weighted by molar-refractivity contribution is 5.15. The lowest BCUT2D eigenvalue weighted by atomic mass is 9.96. The fraction of sp³-hybridized carbons (Fsp3) is 0.538. The third-order valence-electron chi connectivity index (χ3n) is 9.73. The summed E-state index contributed by atoms with van der Waals surface area (Å²) in [6, 6.07) is 27.6. The van der Waals surface area contributed by atoms with Crippen molar-refractivity contribution in [1.82, 2.24) is 0 Å². The van der Waals surface area contributed by atoms with E-state index in [-0.39, 0.29) is 39.6 Å². The van der Waals surface area contributed by atoms with E-state index in [1.807, 2.05) is 91.0 Å². The molecule has 3 heterocycles. The molecule has 3 aliphatic rings. The largest absolute Gasteiger partial charge is 0.387 e. The molecule has 0 radical (unpaired) electrons. The average Bonchev–Trinajstić information content (AvgIpc) is 3.20. The number of ether oxygens (including phenoxy) is 8. The molecule has 15 atom stereocenters. The first-order chi connectivity index (χ1) is 26.6. The van der Waals surface area contributed by atoms with Gasteiger partial charge in [-0.25, -0.2) is 0 Å². The van der Waals surface area contributed by atoms with Crippen LogP contribution in [-0.4, -0.2) is 153 Å². The molecule has 0 saturated carbocycles. The van der Waals surface area contributed by atoms with E-state index in [0.717, 1.165) is 16.7 Å². The van der Waals surface area contributed by atoms with Gasteiger partial charge in [-0.1, -0.05) is 91.0 Å². The van der Waals surface area contributed by atoms with Crippen LogP contribution in [0.4, 0.5) is 0 Å². The molecule has 16 heteroatoms. The topological polar surface area (TPSA) is 236 Å². The normalized spacial score (nSPS) is 36.8. The fourth-order valence-corrected chi connectivity index (χ4v) is 6.62. The maximum absolute atomic E-state index is 11.5. The molecule has 302 valence electrons. The van der Waals surface area contributed by atoms with Gasteiger partial charge >= 0.3 is 0 Å². The Kier molecular flexibility index (Phi) is 15.1. The van der Waals surface area contributed by atoms with Gasteiger partial charge in [0.1, 0.15) is 73.2 Å². The summed E-state index contributed by atoms with van der Waals surface area (Å²) in [5.74, 6) is 0. The molecule has 8 N–H and O–H groups in total. The average molecular weight is 775 g/mol. The predicted octanol–water partition coefficient (Wildman–Crippen LogP) is -0.899. The van der Waals surface area contributed by atoms with E-state index < -0.39 is 92.1 Å². The third-order valence-corrected chi connectivity index (χ3v) is 9.73. The first kappa shape index (κ1) is 41.6. The zero-order chi connectivity index (χ0) is 38.9. The van der Waals surface area contributed by atoms with Crippen LogP contribution in [0.5, 0.6) is 0 Å². The molecule has 0 aromatic heterocycles. The van der Waals surface area contributed by atoms with Gasteiger partial charge < -0.3 is 78.7 Å². The molecule has 3 aromatic carbocycles. The van der Waals surface area contributed by atoms with Crippen molar-refractivity contribution in [3.8, 4) is 0 Å². The fourth-order valence-electron chi connectivity index (χ4n) is 6.62. The van der Waals surface area contributed by atoms with Crippen LogP contribution >= 0.6 is 0 Å². The highest BCUT2D eigenvalue weighted by Gasteiger charge is 2.53. The summed E-state index contributed by atoms with van der Waals surface area (Å²) >= 11 is 0. The number of hydrogen-bond donors (Lipinski definition) is 8. The quantitative estimate of drug-likeness (QED) is 0.0881. The van der Waals surface area contributed by atoms with Crippen molar-refractivity contribution in [2.24, 2.45) is 0 Å². The first-order valence-corrected chi connectivity index (χ1v) is 18.2. The molecule has 3 saturated heterocycles. The molecule has 0 unspecified atom stereocenters. The van der Waals surface area contributed by atoms with Crippen molar-refractivity contribution in [3.05, 3.63) is 108 Å². The Bertz CT molecular complexity index is 1540.